The van der Waals surface area contributed by atoms with Crippen molar-refractivity contribution in [1.29, 1.82) is 0 Å². The fraction of sp³-hybridized carbons (Fsp3) is 0.510. The van der Waals surface area contributed by atoms with Crippen molar-refractivity contribution >= 4 is 56.3 Å². The van der Waals surface area contributed by atoms with Gasteiger partial charge in [0.2, 0.25) is 0 Å². The van der Waals surface area contributed by atoms with Gasteiger partial charge in [-0.2, -0.15) is 0 Å². The number of aliphatic hydroxyl groups excluding tert-OH is 1. The number of nitrogens with zero attached hydrogens (tertiary/aromatic N) is 2. The van der Waals surface area contributed by atoms with Crippen molar-refractivity contribution in [2.24, 2.45) is 29.6 Å². The van der Waals surface area contributed by atoms with Crippen LogP contribution in [0.3, 0.4) is 0 Å². The fourth-order valence-corrected chi connectivity index (χ4v) is 9.57. The zero-order valence-corrected chi connectivity index (χ0v) is 39.6. The number of carbonyl (C=O) groups is 3. The second kappa shape index (κ2) is 19.6. The van der Waals surface area contributed by atoms with Crippen LogP contribution in [0.2, 0.25) is 0 Å². The first-order valence-electron chi connectivity index (χ1n) is 22.9. The molecule has 3 aliphatic rings. The van der Waals surface area contributed by atoms with E-state index >= 15 is 0 Å². The Labute approximate surface area is 384 Å². The van der Waals surface area contributed by atoms with E-state index in [1.54, 1.807) is 49.4 Å². The minimum atomic E-state index is -2.00. The number of ketones is 1. The van der Waals surface area contributed by atoms with Gasteiger partial charge in [0, 0.05) is 61.9 Å². The van der Waals surface area contributed by atoms with E-state index in [1.165, 1.54) is 40.6 Å². The highest BCUT2D eigenvalue weighted by Crippen LogP contribution is 2.48. The Morgan fingerprint density at radius 3 is 2.41 bits per heavy atom. The zero-order chi connectivity index (χ0) is 47.8. The predicted molar refractivity (Wildman–Crippen MR) is 251 cm³/mol. The van der Waals surface area contributed by atoms with Gasteiger partial charge in [0.25, 0.3) is 11.7 Å². The SMILES string of the molecule is CO[C@H]1/C=C/O[C@@]2(C)Oc3c(C)c(=O)c4c(O)c(c5oc6cc(OCCN7CCCCC7)ccc6nc5c4c3C2=O)NC(=O)/C(C)=C\C=C\[C@H](C)[C@H](O)[C@@H](C)[C@@H](C)[C@@H](C)[C@H](OC(C)=O)[C@@H]1C. The topological polar surface area (TPSA) is 196 Å². The number of ether oxygens (including phenoxy) is 5. The molecule has 1 amide bonds. The Morgan fingerprint density at radius 2 is 1.71 bits per heavy atom. The number of Topliss-reactive ketones (excluding diaryl/α,β-unsaturated/α-hetero) is 1. The lowest BCUT2D eigenvalue weighted by molar-refractivity contribution is -0.157. The first kappa shape index (κ1) is 48.2. The number of esters is 1. The molecular formula is C51H63N3O12. The van der Waals surface area contributed by atoms with Crippen molar-refractivity contribution in [1.82, 2.24) is 9.88 Å². The smallest absolute Gasteiger partial charge is 0.312 e. The molecule has 3 aliphatic heterocycles. The molecule has 4 bridgehead atoms. The summed E-state index contributed by atoms with van der Waals surface area (Å²) in [6.07, 6.45) is 9.35. The maximum absolute atomic E-state index is 14.8. The van der Waals surface area contributed by atoms with Crippen LogP contribution in [0.15, 0.2) is 63.6 Å². The number of rotatable bonds is 6. The maximum Gasteiger partial charge on any atom is 0.312 e. The van der Waals surface area contributed by atoms with Crippen LogP contribution in [-0.2, 0) is 23.8 Å². The number of phenols is 1. The van der Waals surface area contributed by atoms with Gasteiger partial charge in [0.1, 0.15) is 40.9 Å². The molecule has 1 aromatic heterocycles. The van der Waals surface area contributed by atoms with Crippen LogP contribution in [0.4, 0.5) is 5.69 Å². The Bertz CT molecular complexity index is 2680. The number of phenolic OH excluding ortho intramolecular Hbond substituents is 1. The number of aromatic nitrogens is 1. The van der Waals surface area contributed by atoms with Gasteiger partial charge < -0.3 is 43.6 Å². The second-order valence-electron chi connectivity index (χ2n) is 18.5. The van der Waals surface area contributed by atoms with Gasteiger partial charge in [0.05, 0.1) is 29.4 Å². The third kappa shape index (κ3) is 9.30. The van der Waals surface area contributed by atoms with Crippen LogP contribution in [0, 0.1) is 36.5 Å². The largest absolute Gasteiger partial charge is 0.505 e. The summed E-state index contributed by atoms with van der Waals surface area (Å²) < 4.78 is 36.9. The molecule has 3 N–H and O–H groups in total. The van der Waals surface area contributed by atoms with E-state index in [4.69, 9.17) is 33.1 Å². The molecule has 1 saturated heterocycles. The zero-order valence-electron chi connectivity index (χ0n) is 39.6. The number of likely N-dealkylation sites (tertiary alicyclic amines) is 1. The number of allylic oxidation sites excluding steroid dienone is 2. The molecule has 0 saturated carbocycles. The Kier molecular flexibility index (Phi) is 14.3. The van der Waals surface area contributed by atoms with Gasteiger partial charge in [0.15, 0.2) is 22.3 Å². The second-order valence-corrected chi connectivity index (χ2v) is 18.5. The molecule has 4 aromatic rings. The molecule has 0 unspecified atom stereocenters. The standard InChI is InChI=1S/C51H63N3O12/c1-26-15-14-16-27(2)50(60)53-42-45(58)39-38(41-48(42)65-37-25-34(17-18-35(37)52-41)62-24-22-54-20-12-11-13-21-54)40-47(32(7)44(39)57)66-51(9,49(40)59)63-23-19-36(61-10)31(6)46(64-33(8)55)30(5)28(3)29(4)43(26)56/h14-19,23,25-26,28-31,36,43,46,56,58H,11-13,20-22,24H2,1-10H3,(H,53,60)/b15-14+,23-19+,27-16-/t26-,28+,29-,30+,31+,36-,43-,46-,51-/m0/s1. The number of anilines is 1. The number of carbonyl (C=O) groups excluding carboxylic acids is 3. The number of hydrogen-bond donors (Lipinski definition) is 3. The number of piperidine rings is 1. The number of amides is 1. The molecule has 15 heteroatoms. The highest BCUT2D eigenvalue weighted by Gasteiger charge is 2.49. The third-order valence-corrected chi connectivity index (χ3v) is 14.0. The molecular weight excluding hydrogens is 847 g/mol. The van der Waals surface area contributed by atoms with E-state index in [0.29, 0.717) is 17.9 Å². The van der Waals surface area contributed by atoms with Crippen LogP contribution in [0.1, 0.15) is 90.6 Å². The number of methoxy groups -OCH3 is 1. The molecule has 354 valence electrons. The quantitative estimate of drug-likeness (QED) is 0.0726. The van der Waals surface area contributed by atoms with E-state index in [2.05, 4.69) is 10.2 Å². The molecule has 3 aromatic carbocycles. The Morgan fingerprint density at radius 1 is 0.985 bits per heavy atom. The van der Waals surface area contributed by atoms with E-state index in [-0.39, 0.29) is 79.3 Å². The van der Waals surface area contributed by atoms with Crippen molar-refractivity contribution in [2.45, 2.75) is 106 Å². The average molecular weight is 910 g/mol. The van der Waals surface area contributed by atoms with Crippen LogP contribution < -0.4 is 20.2 Å². The van der Waals surface area contributed by atoms with Gasteiger partial charge in [-0.05, 0) is 75.7 Å². The molecule has 66 heavy (non-hydrogen) atoms. The van der Waals surface area contributed by atoms with Crippen LogP contribution in [-0.4, -0.2) is 95.2 Å². The molecule has 4 heterocycles. The monoisotopic (exact) mass is 909 g/mol. The molecule has 1 fully saturated rings. The van der Waals surface area contributed by atoms with Gasteiger partial charge in [-0.3, -0.25) is 24.1 Å². The number of aromatic hydroxyl groups is 1. The lowest BCUT2D eigenvalue weighted by atomic mass is 9.73. The summed E-state index contributed by atoms with van der Waals surface area (Å²) >= 11 is 0. The number of fused-ring (bicyclic) bond motifs is 2. The summed E-state index contributed by atoms with van der Waals surface area (Å²) in [6, 6.07) is 5.13. The van der Waals surface area contributed by atoms with E-state index in [9.17, 15) is 29.4 Å². The minimum Gasteiger partial charge on any atom is -0.505 e. The van der Waals surface area contributed by atoms with Gasteiger partial charge in [-0.25, -0.2) is 4.98 Å². The molecule has 0 spiro atoms. The Hall–Kier alpha value is -5.77. The highest BCUT2D eigenvalue weighted by atomic mass is 16.7. The molecule has 0 aliphatic carbocycles. The Balaban J connectivity index is 1.39. The summed E-state index contributed by atoms with van der Waals surface area (Å²) in [5.41, 5.74) is -0.200. The van der Waals surface area contributed by atoms with E-state index in [1.807, 2.05) is 34.6 Å². The highest BCUT2D eigenvalue weighted by molar-refractivity contribution is 6.26. The normalized spacial score (nSPS) is 29.8. The maximum atomic E-state index is 14.8. The lowest BCUT2D eigenvalue weighted by Crippen LogP contribution is -2.43. The lowest BCUT2D eigenvalue weighted by Gasteiger charge is -2.39. The summed E-state index contributed by atoms with van der Waals surface area (Å²) in [5.74, 6) is -5.37. The molecule has 7 rings (SSSR count). The van der Waals surface area contributed by atoms with Crippen molar-refractivity contribution < 1.29 is 52.7 Å². The molecule has 0 radical (unpaired) electrons. The predicted octanol–water partition coefficient (Wildman–Crippen LogP) is 8.14. The van der Waals surface area contributed by atoms with Crippen LogP contribution in [0.25, 0.3) is 33.0 Å². The number of aliphatic hydroxyl groups is 1. The average Bonchev–Trinajstić information content (AvgIpc) is 3.56. The first-order chi connectivity index (χ1) is 31.4. The van der Waals surface area contributed by atoms with Crippen molar-refractivity contribution in [2.75, 3.05) is 38.7 Å². The van der Waals surface area contributed by atoms with Crippen LogP contribution in [0.5, 0.6) is 17.2 Å². The molecule has 15 nitrogen and oxygen atoms in total. The summed E-state index contributed by atoms with van der Waals surface area (Å²) in [4.78, 5) is 63.0. The van der Waals surface area contributed by atoms with Crippen molar-refractivity contribution in [3.8, 4) is 17.2 Å². The van der Waals surface area contributed by atoms with Gasteiger partial charge >= 0.3 is 11.8 Å². The van der Waals surface area contributed by atoms with Crippen molar-refractivity contribution in [3.05, 3.63) is 75.7 Å². The van der Waals surface area contributed by atoms with Crippen LogP contribution >= 0.6 is 0 Å². The van der Waals surface area contributed by atoms with Gasteiger partial charge in [-0.1, -0.05) is 59.3 Å². The number of benzene rings is 3. The summed E-state index contributed by atoms with van der Waals surface area (Å²) in [5, 5.41) is 26.2. The molecule has 9 atom stereocenters. The van der Waals surface area contributed by atoms with E-state index < -0.39 is 58.9 Å². The number of nitrogens with one attached hydrogen (secondary N) is 1. The fourth-order valence-electron chi connectivity index (χ4n) is 9.57. The summed E-state index contributed by atoms with van der Waals surface area (Å²) in [6.45, 7) is 18.8. The minimum absolute atomic E-state index is 0.00973. The first-order valence-corrected chi connectivity index (χ1v) is 22.9. The van der Waals surface area contributed by atoms with E-state index in [0.717, 1.165) is 32.5 Å². The third-order valence-electron chi connectivity index (χ3n) is 14.0. The number of hydrogen-bond acceptors (Lipinski definition) is 14. The van der Waals surface area contributed by atoms with Gasteiger partial charge in [-0.15, -0.1) is 0 Å². The summed E-state index contributed by atoms with van der Waals surface area (Å²) in [7, 11) is 1.51. The van der Waals surface area contributed by atoms with Crippen molar-refractivity contribution in [3.63, 3.8) is 0 Å².